The molecule has 1 amide bonds. The Labute approximate surface area is 204 Å². The number of nitrogens with zero attached hydrogens (tertiary/aromatic N) is 2. The molecule has 1 N–H and O–H groups in total. The van der Waals surface area contributed by atoms with Gasteiger partial charge in [-0.25, -0.2) is 4.98 Å². The average molecular weight is 468 g/mol. The van der Waals surface area contributed by atoms with Crippen molar-refractivity contribution in [1.29, 1.82) is 0 Å². The van der Waals surface area contributed by atoms with E-state index >= 15 is 0 Å². The molecular weight excluding hydrogens is 438 g/mol. The first kappa shape index (κ1) is 23.0. The maximum atomic E-state index is 13.8. The van der Waals surface area contributed by atoms with Crippen molar-refractivity contribution in [2.75, 3.05) is 13.2 Å². The highest BCUT2D eigenvalue weighted by Gasteiger charge is 2.27. The minimum Gasteiger partial charge on any atom is -0.376 e. The third-order valence-corrected chi connectivity index (χ3v) is 6.59. The van der Waals surface area contributed by atoms with Crippen molar-refractivity contribution in [1.82, 2.24) is 14.9 Å². The van der Waals surface area contributed by atoms with Gasteiger partial charge in [-0.3, -0.25) is 9.59 Å². The van der Waals surface area contributed by atoms with E-state index in [4.69, 9.17) is 4.74 Å². The van der Waals surface area contributed by atoms with E-state index in [0.29, 0.717) is 36.3 Å². The summed E-state index contributed by atoms with van der Waals surface area (Å²) in [5.41, 5.74) is 2.63. The Morgan fingerprint density at radius 2 is 1.63 bits per heavy atom. The van der Waals surface area contributed by atoms with E-state index < -0.39 is 0 Å². The fraction of sp³-hybridized carbons (Fsp3) is 0.276. The smallest absolute Gasteiger partial charge is 0.258 e. The van der Waals surface area contributed by atoms with Crippen LogP contribution in [0.15, 0.2) is 89.7 Å². The molecule has 0 bridgehead atoms. The summed E-state index contributed by atoms with van der Waals surface area (Å²) in [6, 6.07) is 27.5. The number of carbonyl (C=O) groups excluding carboxylic acids is 1. The Bertz CT molecular complexity index is 1290. The molecule has 178 valence electrons. The highest BCUT2D eigenvalue weighted by molar-refractivity contribution is 5.79. The predicted molar refractivity (Wildman–Crippen MR) is 136 cm³/mol. The monoisotopic (exact) mass is 467 g/mol. The maximum absolute atomic E-state index is 13.8. The minimum atomic E-state index is -0.193. The van der Waals surface area contributed by atoms with E-state index in [-0.39, 0.29) is 30.0 Å². The predicted octanol–water partition coefficient (Wildman–Crippen LogP) is 4.65. The lowest BCUT2D eigenvalue weighted by Crippen LogP contribution is -2.38. The first-order chi connectivity index (χ1) is 17.2. The number of hydrogen-bond acceptors (Lipinski definition) is 4. The van der Waals surface area contributed by atoms with Crippen LogP contribution in [-0.2, 0) is 16.1 Å². The zero-order valence-corrected chi connectivity index (χ0v) is 19.6. The summed E-state index contributed by atoms with van der Waals surface area (Å²) in [5, 5.41) is 0.543. The molecule has 1 saturated heterocycles. The molecule has 0 radical (unpaired) electrons. The number of hydrogen-bond donors (Lipinski definition) is 1. The van der Waals surface area contributed by atoms with Crippen molar-refractivity contribution in [2.24, 2.45) is 0 Å². The number of nitrogens with one attached hydrogen (secondary N) is 1. The number of benzene rings is 3. The fourth-order valence-corrected chi connectivity index (χ4v) is 4.78. The first-order valence-corrected chi connectivity index (χ1v) is 12.1. The van der Waals surface area contributed by atoms with E-state index in [0.717, 1.165) is 24.0 Å². The van der Waals surface area contributed by atoms with Gasteiger partial charge in [-0.05, 0) is 36.1 Å². The molecule has 2 heterocycles. The lowest BCUT2D eigenvalue weighted by molar-refractivity contribution is -0.133. The molecule has 1 atom stereocenters. The molecule has 6 nitrogen and oxygen atoms in total. The van der Waals surface area contributed by atoms with Crippen LogP contribution in [-0.4, -0.2) is 40.0 Å². The number of carbonyl (C=O) groups is 1. The third-order valence-electron chi connectivity index (χ3n) is 6.59. The maximum Gasteiger partial charge on any atom is 0.258 e. The van der Waals surface area contributed by atoms with Gasteiger partial charge in [-0.15, -0.1) is 0 Å². The van der Waals surface area contributed by atoms with Gasteiger partial charge in [-0.1, -0.05) is 72.8 Å². The molecule has 1 aromatic heterocycles. The Balaban J connectivity index is 1.44. The van der Waals surface area contributed by atoms with Crippen LogP contribution in [0.1, 0.15) is 42.1 Å². The summed E-state index contributed by atoms with van der Waals surface area (Å²) in [7, 11) is 0. The number of H-pyrrole nitrogens is 1. The summed E-state index contributed by atoms with van der Waals surface area (Å²) >= 11 is 0. The van der Waals surface area contributed by atoms with E-state index in [9.17, 15) is 9.59 Å². The molecule has 35 heavy (non-hydrogen) atoms. The van der Waals surface area contributed by atoms with Gasteiger partial charge in [0.25, 0.3) is 5.56 Å². The molecule has 0 spiro atoms. The van der Waals surface area contributed by atoms with E-state index in [1.54, 1.807) is 11.0 Å². The third kappa shape index (κ3) is 5.49. The molecule has 6 heteroatoms. The molecule has 0 unspecified atom stereocenters. The molecule has 4 aromatic rings. The standard InChI is InChI=1S/C29H29N3O3/c33-28(18-25(21-10-3-1-4-11-21)22-12-5-2-6-13-22)32(19-23-14-9-17-35-23)20-27-30-26-16-8-7-15-24(26)29(34)31-27/h1-8,10-13,15-16,23,25H,9,14,17-20H2,(H,30,31,34)/t23-/m1/s1. The summed E-state index contributed by atoms with van der Waals surface area (Å²) in [4.78, 5) is 35.7. The van der Waals surface area contributed by atoms with Gasteiger partial charge in [0, 0.05) is 25.5 Å². The van der Waals surface area contributed by atoms with Gasteiger partial charge < -0.3 is 14.6 Å². The summed E-state index contributed by atoms with van der Waals surface area (Å²) < 4.78 is 5.85. The molecule has 3 aromatic carbocycles. The van der Waals surface area contributed by atoms with Crippen molar-refractivity contribution in [3.8, 4) is 0 Å². The summed E-state index contributed by atoms with van der Waals surface area (Å²) in [6.45, 7) is 1.43. The van der Waals surface area contributed by atoms with Crippen molar-refractivity contribution in [3.63, 3.8) is 0 Å². The van der Waals surface area contributed by atoms with Crippen LogP contribution in [0.4, 0.5) is 0 Å². The number of amides is 1. The summed E-state index contributed by atoms with van der Waals surface area (Å²) in [6.07, 6.45) is 2.23. The van der Waals surface area contributed by atoms with Crippen molar-refractivity contribution in [2.45, 2.75) is 37.8 Å². The van der Waals surface area contributed by atoms with Crippen LogP contribution in [0, 0.1) is 0 Å². The Morgan fingerprint density at radius 1 is 0.971 bits per heavy atom. The number of fused-ring (bicyclic) bond motifs is 1. The molecule has 1 aliphatic rings. The summed E-state index contributed by atoms with van der Waals surface area (Å²) in [5.74, 6) is 0.422. The second kappa shape index (κ2) is 10.7. The minimum absolute atomic E-state index is 0.00183. The van der Waals surface area contributed by atoms with Crippen LogP contribution in [0.3, 0.4) is 0 Å². The molecule has 1 fully saturated rings. The van der Waals surface area contributed by atoms with E-state index in [2.05, 4.69) is 34.2 Å². The van der Waals surface area contributed by atoms with Crippen LogP contribution < -0.4 is 5.56 Å². The highest BCUT2D eigenvalue weighted by atomic mass is 16.5. The van der Waals surface area contributed by atoms with Gasteiger partial charge in [0.15, 0.2) is 0 Å². The number of rotatable bonds is 8. The van der Waals surface area contributed by atoms with E-state index in [1.165, 1.54) is 0 Å². The molecule has 1 aliphatic heterocycles. The number of aromatic nitrogens is 2. The molecule has 5 rings (SSSR count). The first-order valence-electron chi connectivity index (χ1n) is 12.1. The Kier molecular flexibility index (Phi) is 7.00. The Hall–Kier alpha value is -3.77. The van der Waals surface area contributed by atoms with Crippen molar-refractivity contribution in [3.05, 3.63) is 112 Å². The van der Waals surface area contributed by atoms with Crippen LogP contribution in [0.25, 0.3) is 10.9 Å². The zero-order valence-electron chi connectivity index (χ0n) is 19.6. The quantitative estimate of drug-likeness (QED) is 0.409. The zero-order chi connectivity index (χ0) is 24.0. The van der Waals surface area contributed by atoms with Gasteiger partial charge in [0.1, 0.15) is 5.82 Å². The van der Waals surface area contributed by atoms with Crippen molar-refractivity contribution < 1.29 is 9.53 Å². The topological polar surface area (TPSA) is 75.3 Å². The van der Waals surface area contributed by atoms with Gasteiger partial charge in [-0.2, -0.15) is 0 Å². The fourth-order valence-electron chi connectivity index (χ4n) is 4.78. The number of para-hydroxylation sites is 1. The van der Waals surface area contributed by atoms with Gasteiger partial charge in [0.2, 0.25) is 5.91 Å². The second-order valence-electron chi connectivity index (χ2n) is 9.02. The lowest BCUT2D eigenvalue weighted by Gasteiger charge is -2.27. The van der Waals surface area contributed by atoms with Crippen LogP contribution >= 0.6 is 0 Å². The average Bonchev–Trinajstić information content (AvgIpc) is 3.41. The molecule has 0 saturated carbocycles. The number of ether oxygens (including phenoxy) is 1. The molecular formula is C29H29N3O3. The van der Waals surface area contributed by atoms with Gasteiger partial charge in [0.05, 0.1) is 23.6 Å². The Morgan fingerprint density at radius 3 is 2.29 bits per heavy atom. The largest absolute Gasteiger partial charge is 0.376 e. The van der Waals surface area contributed by atoms with Crippen LogP contribution in [0.2, 0.25) is 0 Å². The normalized spacial score (nSPS) is 15.5. The van der Waals surface area contributed by atoms with Gasteiger partial charge >= 0.3 is 0 Å². The SMILES string of the molecule is O=C(CC(c1ccccc1)c1ccccc1)N(Cc1nc2ccccc2c(=O)[nH]1)C[C@H]1CCCO1. The number of aromatic amines is 1. The van der Waals surface area contributed by atoms with E-state index in [1.807, 2.05) is 54.6 Å². The lowest BCUT2D eigenvalue weighted by atomic mass is 9.88. The second-order valence-corrected chi connectivity index (χ2v) is 9.02. The van der Waals surface area contributed by atoms with Crippen LogP contribution in [0.5, 0.6) is 0 Å². The molecule has 0 aliphatic carbocycles. The van der Waals surface area contributed by atoms with Crippen molar-refractivity contribution >= 4 is 16.8 Å². The highest BCUT2D eigenvalue weighted by Crippen LogP contribution is 2.29.